The zero-order chi connectivity index (χ0) is 14.1. The van der Waals surface area contributed by atoms with Crippen molar-refractivity contribution < 1.29 is 4.52 Å². The van der Waals surface area contributed by atoms with Gasteiger partial charge >= 0.3 is 0 Å². The standard InChI is InChI=1S/C16H14N4O/c1-2-6-12-10-18-14(9-11(12)5-1)16-19-15(20-21-16)13-7-3-4-8-17-13/h1-8,14,18H,9-10H2/t14-/m1/s1. The molecule has 0 fully saturated rings. The lowest BCUT2D eigenvalue weighted by molar-refractivity contribution is 0.321. The highest BCUT2D eigenvalue weighted by Gasteiger charge is 2.24. The molecule has 104 valence electrons. The van der Waals surface area contributed by atoms with Crippen LogP contribution in [0.1, 0.15) is 23.1 Å². The van der Waals surface area contributed by atoms with E-state index in [9.17, 15) is 0 Å². The lowest BCUT2D eigenvalue weighted by Crippen LogP contribution is -2.28. The van der Waals surface area contributed by atoms with Crippen LogP contribution in [0.15, 0.2) is 53.2 Å². The van der Waals surface area contributed by atoms with Crippen molar-refractivity contribution >= 4 is 0 Å². The van der Waals surface area contributed by atoms with Gasteiger partial charge < -0.3 is 9.84 Å². The van der Waals surface area contributed by atoms with E-state index in [0.29, 0.717) is 11.7 Å². The highest BCUT2D eigenvalue weighted by Crippen LogP contribution is 2.25. The van der Waals surface area contributed by atoms with Crippen LogP contribution >= 0.6 is 0 Å². The molecule has 0 bridgehead atoms. The maximum atomic E-state index is 5.41. The van der Waals surface area contributed by atoms with Crippen LogP contribution in [0, 0.1) is 0 Å². The molecule has 5 nitrogen and oxygen atoms in total. The molecule has 0 spiro atoms. The molecule has 3 heterocycles. The van der Waals surface area contributed by atoms with Gasteiger partial charge in [0, 0.05) is 12.7 Å². The molecule has 1 aliphatic heterocycles. The van der Waals surface area contributed by atoms with Gasteiger partial charge in [0.2, 0.25) is 11.7 Å². The van der Waals surface area contributed by atoms with E-state index in [1.54, 1.807) is 6.20 Å². The largest absolute Gasteiger partial charge is 0.337 e. The normalized spacial score (nSPS) is 17.4. The van der Waals surface area contributed by atoms with Gasteiger partial charge in [-0.25, -0.2) is 0 Å². The predicted molar refractivity (Wildman–Crippen MR) is 77.3 cm³/mol. The third-order valence-corrected chi connectivity index (χ3v) is 3.72. The second kappa shape index (κ2) is 5.10. The minimum atomic E-state index is 0.0601. The average molecular weight is 278 g/mol. The van der Waals surface area contributed by atoms with Crippen LogP contribution in [-0.2, 0) is 13.0 Å². The molecular weight excluding hydrogens is 264 g/mol. The van der Waals surface area contributed by atoms with Crippen molar-refractivity contribution in [3.05, 3.63) is 65.7 Å². The summed E-state index contributed by atoms with van der Waals surface area (Å²) < 4.78 is 5.41. The third kappa shape index (κ3) is 2.32. The minimum Gasteiger partial charge on any atom is -0.337 e. The van der Waals surface area contributed by atoms with E-state index in [1.165, 1.54) is 11.1 Å². The van der Waals surface area contributed by atoms with Crippen LogP contribution in [0.2, 0.25) is 0 Å². The summed E-state index contributed by atoms with van der Waals surface area (Å²) in [5, 5.41) is 7.47. The number of nitrogens with one attached hydrogen (secondary N) is 1. The highest BCUT2D eigenvalue weighted by molar-refractivity contribution is 5.47. The van der Waals surface area contributed by atoms with Gasteiger partial charge in [0.05, 0.1) is 6.04 Å². The van der Waals surface area contributed by atoms with Gasteiger partial charge in [-0.05, 0) is 29.7 Å². The number of rotatable bonds is 2. The highest BCUT2D eigenvalue weighted by atomic mass is 16.5. The van der Waals surface area contributed by atoms with Gasteiger partial charge in [-0.15, -0.1) is 0 Å². The summed E-state index contributed by atoms with van der Waals surface area (Å²) in [5.41, 5.74) is 3.39. The van der Waals surface area contributed by atoms with Crippen LogP contribution in [0.3, 0.4) is 0 Å². The van der Waals surface area contributed by atoms with Crippen molar-refractivity contribution in [3.8, 4) is 11.5 Å². The second-order valence-corrected chi connectivity index (χ2v) is 5.08. The summed E-state index contributed by atoms with van der Waals surface area (Å²) in [6.45, 7) is 0.822. The van der Waals surface area contributed by atoms with Crippen LogP contribution in [0.5, 0.6) is 0 Å². The van der Waals surface area contributed by atoms with E-state index in [1.807, 2.05) is 18.2 Å². The fourth-order valence-corrected chi connectivity index (χ4v) is 2.60. The smallest absolute Gasteiger partial charge is 0.244 e. The summed E-state index contributed by atoms with van der Waals surface area (Å²) >= 11 is 0. The van der Waals surface area contributed by atoms with Crippen molar-refractivity contribution in [2.45, 2.75) is 19.0 Å². The molecule has 0 saturated carbocycles. The molecule has 21 heavy (non-hydrogen) atoms. The number of pyridine rings is 1. The summed E-state index contributed by atoms with van der Waals surface area (Å²) in [5.74, 6) is 1.15. The van der Waals surface area contributed by atoms with Crippen molar-refractivity contribution in [2.24, 2.45) is 0 Å². The Morgan fingerprint density at radius 2 is 1.90 bits per heavy atom. The molecule has 0 unspecified atom stereocenters. The molecule has 1 aliphatic rings. The first-order valence-corrected chi connectivity index (χ1v) is 6.95. The summed E-state index contributed by atoms with van der Waals surface area (Å²) in [6, 6.07) is 14.1. The maximum absolute atomic E-state index is 5.41. The Morgan fingerprint density at radius 3 is 2.76 bits per heavy atom. The number of hydrogen-bond donors (Lipinski definition) is 1. The summed E-state index contributed by atoms with van der Waals surface area (Å²) in [7, 11) is 0. The average Bonchev–Trinajstić information content (AvgIpc) is 3.05. The monoisotopic (exact) mass is 278 g/mol. The molecule has 1 aromatic carbocycles. The number of aromatic nitrogens is 3. The first-order valence-electron chi connectivity index (χ1n) is 6.95. The maximum Gasteiger partial charge on any atom is 0.244 e. The zero-order valence-corrected chi connectivity index (χ0v) is 11.4. The first kappa shape index (κ1) is 12.2. The van der Waals surface area contributed by atoms with Crippen LogP contribution in [0.25, 0.3) is 11.5 Å². The first-order chi connectivity index (χ1) is 10.4. The fourth-order valence-electron chi connectivity index (χ4n) is 2.60. The quantitative estimate of drug-likeness (QED) is 0.780. The van der Waals surface area contributed by atoms with Gasteiger partial charge in [-0.3, -0.25) is 4.98 Å². The number of fused-ring (bicyclic) bond motifs is 1. The zero-order valence-electron chi connectivity index (χ0n) is 11.4. The number of hydrogen-bond acceptors (Lipinski definition) is 5. The van der Waals surface area contributed by atoms with E-state index in [2.05, 4.69) is 44.7 Å². The van der Waals surface area contributed by atoms with E-state index >= 15 is 0 Å². The van der Waals surface area contributed by atoms with E-state index in [4.69, 9.17) is 4.52 Å². The Hall–Kier alpha value is -2.53. The number of nitrogens with zero attached hydrogens (tertiary/aromatic N) is 3. The Bertz CT molecular complexity index is 754. The summed E-state index contributed by atoms with van der Waals surface area (Å²) in [6.07, 6.45) is 2.58. The predicted octanol–water partition coefficient (Wildman–Crippen LogP) is 2.52. The lowest BCUT2D eigenvalue weighted by atomic mass is 9.96. The van der Waals surface area contributed by atoms with E-state index < -0.39 is 0 Å². The van der Waals surface area contributed by atoms with Crippen LogP contribution < -0.4 is 5.32 Å². The van der Waals surface area contributed by atoms with Gasteiger partial charge in [0.1, 0.15) is 5.69 Å². The SMILES string of the molecule is c1ccc(-c2noc([C@H]3Cc4ccccc4CN3)n2)nc1. The van der Waals surface area contributed by atoms with Crippen molar-refractivity contribution in [1.29, 1.82) is 0 Å². The fraction of sp³-hybridized carbons (Fsp3) is 0.188. The van der Waals surface area contributed by atoms with Crippen molar-refractivity contribution in [1.82, 2.24) is 20.4 Å². The minimum absolute atomic E-state index is 0.0601. The Balaban J connectivity index is 1.60. The molecule has 0 aliphatic carbocycles. The molecule has 0 amide bonds. The Morgan fingerprint density at radius 1 is 1.05 bits per heavy atom. The van der Waals surface area contributed by atoms with E-state index in [0.717, 1.165) is 18.7 Å². The third-order valence-electron chi connectivity index (χ3n) is 3.72. The van der Waals surface area contributed by atoms with Gasteiger partial charge in [-0.1, -0.05) is 35.5 Å². The molecule has 0 saturated heterocycles. The summed E-state index contributed by atoms with van der Waals surface area (Å²) in [4.78, 5) is 8.71. The molecule has 3 aromatic rings. The molecule has 4 rings (SSSR count). The van der Waals surface area contributed by atoms with Crippen molar-refractivity contribution in [2.75, 3.05) is 0 Å². The van der Waals surface area contributed by atoms with Crippen molar-refractivity contribution in [3.63, 3.8) is 0 Å². The van der Waals surface area contributed by atoms with Gasteiger partial charge in [0.25, 0.3) is 0 Å². The Labute approximate surface area is 122 Å². The molecule has 1 atom stereocenters. The molecule has 0 radical (unpaired) electrons. The lowest BCUT2D eigenvalue weighted by Gasteiger charge is -2.23. The number of benzene rings is 1. The van der Waals surface area contributed by atoms with Gasteiger partial charge in [-0.2, -0.15) is 4.98 Å². The van der Waals surface area contributed by atoms with Crippen LogP contribution in [0.4, 0.5) is 0 Å². The molecular formula is C16H14N4O. The molecule has 5 heteroatoms. The Kier molecular flexibility index (Phi) is 2.97. The topological polar surface area (TPSA) is 63.8 Å². The van der Waals surface area contributed by atoms with Gasteiger partial charge in [0.15, 0.2) is 0 Å². The molecule has 2 aromatic heterocycles. The molecule has 1 N–H and O–H groups in total. The van der Waals surface area contributed by atoms with E-state index in [-0.39, 0.29) is 6.04 Å². The van der Waals surface area contributed by atoms with Crippen LogP contribution in [-0.4, -0.2) is 15.1 Å². The second-order valence-electron chi connectivity index (χ2n) is 5.08.